The number of anilines is 2. The summed E-state index contributed by atoms with van der Waals surface area (Å²) in [6.07, 6.45) is 1.66. The van der Waals surface area contributed by atoms with Crippen LogP contribution in [0.15, 0.2) is 112 Å². The standard InChI is InChI=1S/C30H25N3O3S/c1-21(34)24-14-15-29-27(17-24)33(26-12-5-6-13-28(26)37-29)30(35)19-32-31-18-23-10-7-11-25(16-23)36-20-22-8-3-2-4-9-22/h2-18,32H,19-20H2,1H3/b31-18+. The summed E-state index contributed by atoms with van der Waals surface area (Å²) in [5.74, 6) is 0.521. The predicted octanol–water partition coefficient (Wildman–Crippen LogP) is 6.22. The number of ether oxygens (including phenoxy) is 1. The second-order valence-corrected chi connectivity index (χ2v) is 9.56. The quantitative estimate of drug-likeness (QED) is 0.174. The fraction of sp³-hybridized carbons (Fsp3) is 0.100. The van der Waals surface area contributed by atoms with E-state index in [1.807, 2.05) is 84.9 Å². The molecule has 0 atom stereocenters. The molecule has 4 aromatic rings. The molecule has 1 amide bonds. The maximum absolute atomic E-state index is 13.4. The Hall–Kier alpha value is -4.36. The number of nitrogens with zero attached hydrogens (tertiary/aromatic N) is 2. The van der Waals surface area contributed by atoms with Crippen molar-refractivity contribution >= 4 is 41.0 Å². The van der Waals surface area contributed by atoms with Crippen molar-refractivity contribution in [3.05, 3.63) is 114 Å². The van der Waals surface area contributed by atoms with Gasteiger partial charge in [0.2, 0.25) is 0 Å². The molecule has 1 aliphatic rings. The van der Waals surface area contributed by atoms with Crippen molar-refractivity contribution in [3.63, 3.8) is 0 Å². The van der Waals surface area contributed by atoms with Crippen LogP contribution in [0.3, 0.4) is 0 Å². The van der Waals surface area contributed by atoms with Gasteiger partial charge in [0.1, 0.15) is 18.9 Å². The van der Waals surface area contributed by atoms with Crippen LogP contribution in [0.25, 0.3) is 0 Å². The molecule has 37 heavy (non-hydrogen) atoms. The lowest BCUT2D eigenvalue weighted by atomic mass is 10.1. The van der Waals surface area contributed by atoms with Crippen molar-refractivity contribution < 1.29 is 14.3 Å². The molecule has 1 aliphatic heterocycles. The van der Waals surface area contributed by atoms with Gasteiger partial charge in [-0.1, -0.05) is 72.4 Å². The van der Waals surface area contributed by atoms with Crippen molar-refractivity contribution in [1.29, 1.82) is 0 Å². The largest absolute Gasteiger partial charge is 0.489 e. The second-order valence-electron chi connectivity index (χ2n) is 8.48. The Morgan fingerprint density at radius 1 is 0.892 bits per heavy atom. The number of amides is 1. The molecule has 0 aliphatic carbocycles. The van der Waals surface area contributed by atoms with E-state index in [-0.39, 0.29) is 18.2 Å². The third-order valence-corrected chi connectivity index (χ3v) is 6.95. The molecule has 0 bridgehead atoms. The smallest absolute Gasteiger partial charge is 0.252 e. The van der Waals surface area contributed by atoms with E-state index < -0.39 is 0 Å². The summed E-state index contributed by atoms with van der Waals surface area (Å²) in [5.41, 5.74) is 6.88. The van der Waals surface area contributed by atoms with Crippen LogP contribution in [-0.4, -0.2) is 24.4 Å². The minimum Gasteiger partial charge on any atom is -0.489 e. The molecule has 4 aromatic carbocycles. The minimum atomic E-state index is -0.174. The van der Waals surface area contributed by atoms with Gasteiger partial charge in [-0.25, -0.2) is 0 Å². The first-order valence-electron chi connectivity index (χ1n) is 11.9. The molecule has 7 heteroatoms. The van der Waals surface area contributed by atoms with Crippen LogP contribution in [0.1, 0.15) is 28.4 Å². The Bertz CT molecular complexity index is 1470. The summed E-state index contributed by atoms with van der Waals surface area (Å²) >= 11 is 1.59. The summed E-state index contributed by atoms with van der Waals surface area (Å²) in [5, 5.41) is 4.26. The van der Waals surface area contributed by atoms with E-state index >= 15 is 0 Å². The van der Waals surface area contributed by atoms with E-state index in [2.05, 4.69) is 10.5 Å². The van der Waals surface area contributed by atoms with Gasteiger partial charge in [0.25, 0.3) is 5.91 Å². The number of hydrogen-bond acceptors (Lipinski definition) is 6. The van der Waals surface area contributed by atoms with E-state index in [1.54, 1.807) is 35.0 Å². The number of nitrogens with one attached hydrogen (secondary N) is 1. The van der Waals surface area contributed by atoms with Crippen molar-refractivity contribution in [2.24, 2.45) is 5.10 Å². The molecule has 0 spiro atoms. The highest BCUT2D eigenvalue weighted by Gasteiger charge is 2.28. The molecule has 1 heterocycles. The van der Waals surface area contributed by atoms with Gasteiger partial charge in [-0.3, -0.25) is 14.5 Å². The fourth-order valence-electron chi connectivity index (χ4n) is 3.98. The molecule has 6 nitrogen and oxygen atoms in total. The Labute approximate surface area is 220 Å². The average Bonchev–Trinajstić information content (AvgIpc) is 2.93. The molecule has 0 radical (unpaired) electrons. The number of hydrogen-bond donors (Lipinski definition) is 1. The van der Waals surface area contributed by atoms with Crippen LogP contribution in [0, 0.1) is 0 Å². The monoisotopic (exact) mass is 507 g/mol. The number of hydrazone groups is 1. The summed E-state index contributed by atoms with van der Waals surface area (Å²) in [6.45, 7) is 2.00. The number of carbonyl (C=O) groups excluding carboxylic acids is 2. The van der Waals surface area contributed by atoms with Gasteiger partial charge in [0.15, 0.2) is 5.78 Å². The van der Waals surface area contributed by atoms with E-state index in [0.717, 1.165) is 32.4 Å². The molecule has 1 N–H and O–H groups in total. The minimum absolute atomic E-state index is 0.0105. The molecular formula is C30H25N3O3S. The van der Waals surface area contributed by atoms with E-state index in [4.69, 9.17) is 4.74 Å². The Kier molecular flexibility index (Phi) is 7.33. The summed E-state index contributed by atoms with van der Waals surface area (Å²) in [6, 6.07) is 30.8. The first-order chi connectivity index (χ1) is 18.1. The number of carbonyl (C=O) groups is 2. The predicted molar refractivity (Wildman–Crippen MR) is 147 cm³/mol. The SMILES string of the molecule is CC(=O)c1ccc2c(c1)N(C(=O)CN/N=C/c1cccc(OCc3ccccc3)c1)c1ccccc1S2. The zero-order valence-electron chi connectivity index (χ0n) is 20.3. The van der Waals surface area contributed by atoms with Crippen molar-refractivity contribution in [1.82, 2.24) is 5.43 Å². The first kappa shape index (κ1) is 24.3. The second kappa shape index (κ2) is 11.1. The first-order valence-corrected chi connectivity index (χ1v) is 12.7. The van der Waals surface area contributed by atoms with Crippen LogP contribution >= 0.6 is 11.8 Å². The molecule has 184 valence electrons. The van der Waals surface area contributed by atoms with Crippen LogP contribution < -0.4 is 15.1 Å². The fourth-order valence-corrected chi connectivity index (χ4v) is 5.02. The number of ketones is 1. The highest BCUT2D eigenvalue weighted by atomic mass is 32.2. The third kappa shape index (κ3) is 5.73. The zero-order chi connectivity index (χ0) is 25.6. The highest BCUT2D eigenvalue weighted by Crippen LogP contribution is 2.48. The van der Waals surface area contributed by atoms with Gasteiger partial charge in [-0.2, -0.15) is 5.10 Å². The highest BCUT2D eigenvalue weighted by molar-refractivity contribution is 7.99. The lowest BCUT2D eigenvalue weighted by Crippen LogP contribution is -2.35. The lowest BCUT2D eigenvalue weighted by Gasteiger charge is -2.31. The van der Waals surface area contributed by atoms with Gasteiger partial charge in [0.05, 0.1) is 17.6 Å². The maximum Gasteiger partial charge on any atom is 0.252 e. The topological polar surface area (TPSA) is 71.0 Å². The third-order valence-electron chi connectivity index (χ3n) is 5.82. The number of fused-ring (bicyclic) bond motifs is 2. The Morgan fingerprint density at radius 3 is 2.51 bits per heavy atom. The Balaban J connectivity index is 1.26. The number of rotatable bonds is 8. The van der Waals surface area contributed by atoms with Gasteiger partial charge in [-0.05, 0) is 54.4 Å². The summed E-state index contributed by atoms with van der Waals surface area (Å²) in [4.78, 5) is 28.9. The molecule has 0 saturated carbocycles. The molecule has 0 fully saturated rings. The summed E-state index contributed by atoms with van der Waals surface area (Å²) < 4.78 is 5.88. The number of para-hydroxylation sites is 1. The lowest BCUT2D eigenvalue weighted by molar-refractivity contribution is -0.117. The van der Waals surface area contributed by atoms with Crippen molar-refractivity contribution in [2.45, 2.75) is 23.3 Å². The van der Waals surface area contributed by atoms with Gasteiger partial charge in [0, 0.05) is 15.4 Å². The van der Waals surface area contributed by atoms with Gasteiger partial charge >= 0.3 is 0 Å². The molecular weight excluding hydrogens is 482 g/mol. The normalized spacial score (nSPS) is 12.1. The van der Waals surface area contributed by atoms with Crippen molar-refractivity contribution in [3.8, 4) is 5.75 Å². The summed E-state index contributed by atoms with van der Waals surface area (Å²) in [7, 11) is 0. The van der Waals surface area contributed by atoms with Crippen LogP contribution in [0.4, 0.5) is 11.4 Å². The molecule has 5 rings (SSSR count). The Morgan fingerprint density at radius 2 is 1.68 bits per heavy atom. The zero-order valence-corrected chi connectivity index (χ0v) is 21.1. The van der Waals surface area contributed by atoms with Crippen LogP contribution in [-0.2, 0) is 11.4 Å². The van der Waals surface area contributed by atoms with Crippen LogP contribution in [0.2, 0.25) is 0 Å². The van der Waals surface area contributed by atoms with Gasteiger partial charge in [-0.15, -0.1) is 0 Å². The number of Topliss-reactive ketones (excluding diaryl/α,β-unsaturated/α-hetero) is 1. The van der Waals surface area contributed by atoms with E-state index in [1.165, 1.54) is 6.92 Å². The number of benzene rings is 4. The van der Waals surface area contributed by atoms with E-state index in [0.29, 0.717) is 17.9 Å². The van der Waals surface area contributed by atoms with Gasteiger partial charge < -0.3 is 10.2 Å². The average molecular weight is 508 g/mol. The molecule has 0 saturated heterocycles. The molecule has 0 aromatic heterocycles. The van der Waals surface area contributed by atoms with E-state index in [9.17, 15) is 9.59 Å². The van der Waals surface area contributed by atoms with Crippen LogP contribution in [0.5, 0.6) is 5.75 Å². The maximum atomic E-state index is 13.4. The molecule has 0 unspecified atom stereocenters. The van der Waals surface area contributed by atoms with Crippen molar-refractivity contribution in [2.75, 3.05) is 11.4 Å².